The van der Waals surface area contributed by atoms with Crippen molar-refractivity contribution < 1.29 is 14.7 Å². The fourth-order valence-electron chi connectivity index (χ4n) is 1.63. The molecule has 2 aromatic rings. The lowest BCUT2D eigenvalue weighted by Gasteiger charge is -2.06. The van der Waals surface area contributed by atoms with Gasteiger partial charge in [-0.1, -0.05) is 11.6 Å². The zero-order valence-corrected chi connectivity index (χ0v) is 13.1. The third-order valence-corrected chi connectivity index (χ3v) is 3.90. The van der Waals surface area contributed by atoms with Gasteiger partial charge in [-0.05, 0) is 34.1 Å². The highest BCUT2D eigenvalue weighted by Crippen LogP contribution is 2.23. The lowest BCUT2D eigenvalue weighted by atomic mass is 10.2. The second-order valence-electron chi connectivity index (χ2n) is 4.19. The highest BCUT2D eigenvalue weighted by Gasteiger charge is 2.08. The summed E-state index contributed by atoms with van der Waals surface area (Å²) in [6.45, 7) is 0.787. The second-order valence-corrected chi connectivity index (χ2v) is 5.45. The van der Waals surface area contributed by atoms with Crippen LogP contribution in [0.5, 0.6) is 0 Å². The van der Waals surface area contributed by atoms with Gasteiger partial charge in [-0.15, -0.1) is 0 Å². The van der Waals surface area contributed by atoms with E-state index in [0.29, 0.717) is 28.1 Å². The largest absolute Gasteiger partial charge is 0.476 e. The van der Waals surface area contributed by atoms with Gasteiger partial charge in [0, 0.05) is 29.3 Å². The minimum Gasteiger partial charge on any atom is -0.476 e. The number of benzene rings is 1. The van der Waals surface area contributed by atoms with Crippen LogP contribution in [-0.4, -0.2) is 33.1 Å². The summed E-state index contributed by atoms with van der Waals surface area (Å²) in [5.74, 6) is -1.31. The van der Waals surface area contributed by atoms with Crippen LogP contribution >= 0.6 is 27.5 Å². The van der Waals surface area contributed by atoms with Gasteiger partial charge in [-0.3, -0.25) is 4.79 Å². The Hall–Kier alpha value is -1.86. The lowest BCUT2D eigenvalue weighted by Crippen LogP contribution is -2.27. The van der Waals surface area contributed by atoms with Crippen LogP contribution in [0, 0.1) is 0 Å². The molecule has 0 aliphatic rings. The summed E-state index contributed by atoms with van der Waals surface area (Å²) in [6.07, 6.45) is 2.82. The Morgan fingerprint density at radius 1 is 1.43 bits per heavy atom. The summed E-state index contributed by atoms with van der Waals surface area (Å²) in [6, 6.07) is 4.90. The van der Waals surface area contributed by atoms with Crippen molar-refractivity contribution in [2.45, 2.75) is 6.54 Å². The molecule has 2 rings (SSSR count). The van der Waals surface area contributed by atoms with Gasteiger partial charge in [-0.2, -0.15) is 0 Å². The van der Waals surface area contributed by atoms with Crippen LogP contribution in [0.1, 0.15) is 20.8 Å². The molecule has 21 heavy (non-hydrogen) atoms. The SMILES string of the molecule is O=C(NCCn1cnc(C(=O)O)c1)c1ccc(Cl)c(Br)c1. The zero-order valence-electron chi connectivity index (χ0n) is 10.7. The maximum atomic E-state index is 11.9. The first-order valence-electron chi connectivity index (χ1n) is 5.95. The Bertz CT molecular complexity index is 687. The smallest absolute Gasteiger partial charge is 0.356 e. The van der Waals surface area contributed by atoms with Gasteiger partial charge in [0.2, 0.25) is 0 Å². The third-order valence-electron chi connectivity index (χ3n) is 2.69. The molecule has 0 spiro atoms. The number of hydrogen-bond donors (Lipinski definition) is 2. The first kappa shape index (κ1) is 15.5. The standard InChI is InChI=1S/C13H11BrClN3O3/c14-9-5-8(1-2-10(9)15)12(19)16-3-4-18-6-11(13(20)21)17-7-18/h1-2,5-7H,3-4H2,(H,16,19)(H,20,21). The topological polar surface area (TPSA) is 84.2 Å². The predicted molar refractivity (Wildman–Crippen MR) is 80.7 cm³/mol. The highest BCUT2D eigenvalue weighted by atomic mass is 79.9. The monoisotopic (exact) mass is 371 g/mol. The fourth-order valence-corrected chi connectivity index (χ4v) is 2.13. The number of amides is 1. The second kappa shape index (κ2) is 6.73. The van der Waals surface area contributed by atoms with E-state index in [-0.39, 0.29) is 11.6 Å². The minimum absolute atomic E-state index is 0.0250. The predicted octanol–water partition coefficient (Wildman–Crippen LogP) is 2.43. The van der Waals surface area contributed by atoms with E-state index in [9.17, 15) is 9.59 Å². The number of hydrogen-bond acceptors (Lipinski definition) is 3. The van der Waals surface area contributed by atoms with Crippen LogP contribution in [0.3, 0.4) is 0 Å². The van der Waals surface area contributed by atoms with Crippen LogP contribution < -0.4 is 5.32 Å². The molecule has 0 saturated carbocycles. The molecule has 1 amide bonds. The first-order chi connectivity index (χ1) is 9.97. The number of imidazole rings is 1. The van der Waals surface area contributed by atoms with Crippen molar-refractivity contribution in [2.75, 3.05) is 6.54 Å². The van der Waals surface area contributed by atoms with E-state index >= 15 is 0 Å². The molecule has 0 atom stereocenters. The maximum Gasteiger partial charge on any atom is 0.356 e. The Morgan fingerprint density at radius 2 is 2.19 bits per heavy atom. The Balaban J connectivity index is 1.88. The molecular formula is C13H11BrClN3O3. The van der Waals surface area contributed by atoms with Crippen LogP contribution in [-0.2, 0) is 6.54 Å². The van der Waals surface area contributed by atoms with Gasteiger partial charge in [0.15, 0.2) is 5.69 Å². The summed E-state index contributed by atoms with van der Waals surface area (Å²) < 4.78 is 2.25. The van der Waals surface area contributed by atoms with E-state index < -0.39 is 5.97 Å². The molecule has 0 saturated heterocycles. The molecule has 6 nitrogen and oxygen atoms in total. The molecular weight excluding hydrogens is 362 g/mol. The average Bonchev–Trinajstić information content (AvgIpc) is 2.91. The number of carboxylic acid groups (broad SMARTS) is 1. The number of nitrogens with one attached hydrogen (secondary N) is 1. The van der Waals surface area contributed by atoms with Gasteiger partial charge in [-0.25, -0.2) is 9.78 Å². The van der Waals surface area contributed by atoms with Crippen molar-refractivity contribution in [3.05, 3.63) is 51.5 Å². The molecule has 110 valence electrons. The highest BCUT2D eigenvalue weighted by molar-refractivity contribution is 9.10. The van der Waals surface area contributed by atoms with Gasteiger partial charge in [0.25, 0.3) is 5.91 Å². The summed E-state index contributed by atoms with van der Waals surface area (Å²) in [7, 11) is 0. The molecule has 0 fully saturated rings. The molecule has 0 aliphatic heterocycles. The van der Waals surface area contributed by atoms with Gasteiger partial charge in [0.1, 0.15) is 0 Å². The average molecular weight is 373 g/mol. The molecule has 1 aromatic carbocycles. The van der Waals surface area contributed by atoms with Crippen LogP contribution in [0.2, 0.25) is 5.02 Å². The third kappa shape index (κ3) is 4.05. The number of carboxylic acids is 1. The van der Waals surface area contributed by atoms with Crippen molar-refractivity contribution in [1.29, 1.82) is 0 Å². The maximum absolute atomic E-state index is 11.9. The van der Waals surface area contributed by atoms with E-state index in [1.54, 1.807) is 22.8 Å². The van der Waals surface area contributed by atoms with Crippen molar-refractivity contribution in [2.24, 2.45) is 0 Å². The lowest BCUT2D eigenvalue weighted by molar-refractivity contribution is 0.0690. The molecule has 1 aromatic heterocycles. The first-order valence-corrected chi connectivity index (χ1v) is 7.13. The summed E-state index contributed by atoms with van der Waals surface area (Å²) >= 11 is 9.12. The van der Waals surface area contributed by atoms with Crippen molar-refractivity contribution in [1.82, 2.24) is 14.9 Å². The van der Waals surface area contributed by atoms with Crippen LogP contribution in [0.25, 0.3) is 0 Å². The van der Waals surface area contributed by atoms with E-state index in [0.717, 1.165) is 0 Å². The van der Waals surface area contributed by atoms with Gasteiger partial charge < -0.3 is 15.0 Å². The molecule has 1 heterocycles. The number of aromatic carboxylic acids is 1. The minimum atomic E-state index is -1.08. The number of aromatic nitrogens is 2. The summed E-state index contributed by atoms with van der Waals surface area (Å²) in [5.41, 5.74) is 0.464. The molecule has 2 N–H and O–H groups in total. The normalized spacial score (nSPS) is 10.4. The molecule has 0 bridgehead atoms. The summed E-state index contributed by atoms with van der Waals surface area (Å²) in [5, 5.41) is 12.0. The molecule has 0 radical (unpaired) electrons. The summed E-state index contributed by atoms with van der Waals surface area (Å²) in [4.78, 5) is 26.3. The molecule has 8 heteroatoms. The van der Waals surface area contributed by atoms with Gasteiger partial charge >= 0.3 is 5.97 Å². The Kier molecular flexibility index (Phi) is 4.98. The van der Waals surface area contributed by atoms with E-state index in [4.69, 9.17) is 16.7 Å². The number of carbonyl (C=O) groups is 2. The number of nitrogens with zero attached hydrogens (tertiary/aromatic N) is 2. The number of carbonyl (C=O) groups excluding carboxylic acids is 1. The Morgan fingerprint density at radius 3 is 2.81 bits per heavy atom. The van der Waals surface area contributed by atoms with Crippen LogP contribution in [0.15, 0.2) is 35.2 Å². The number of rotatable bonds is 5. The van der Waals surface area contributed by atoms with E-state index in [2.05, 4.69) is 26.2 Å². The Labute approximate surface area is 133 Å². The van der Waals surface area contributed by atoms with Gasteiger partial charge in [0.05, 0.1) is 11.3 Å². The fraction of sp³-hybridized carbons (Fsp3) is 0.154. The van der Waals surface area contributed by atoms with E-state index in [1.807, 2.05) is 0 Å². The van der Waals surface area contributed by atoms with Crippen molar-refractivity contribution in [3.8, 4) is 0 Å². The van der Waals surface area contributed by atoms with Crippen molar-refractivity contribution >= 4 is 39.4 Å². The van der Waals surface area contributed by atoms with Crippen molar-refractivity contribution in [3.63, 3.8) is 0 Å². The number of halogens is 2. The van der Waals surface area contributed by atoms with E-state index in [1.165, 1.54) is 12.5 Å². The quantitative estimate of drug-likeness (QED) is 0.844. The van der Waals surface area contributed by atoms with Crippen LogP contribution in [0.4, 0.5) is 0 Å². The zero-order chi connectivity index (χ0) is 15.4. The molecule has 0 aliphatic carbocycles. The molecule has 0 unspecified atom stereocenters.